The van der Waals surface area contributed by atoms with E-state index in [0.29, 0.717) is 0 Å². The molecule has 0 saturated carbocycles. The Morgan fingerprint density at radius 3 is 1.71 bits per heavy atom. The van der Waals surface area contributed by atoms with Crippen LogP contribution in [0.25, 0.3) is 0 Å². The average Bonchev–Trinajstić information content (AvgIpc) is 1.73. The van der Waals surface area contributed by atoms with E-state index in [1.807, 2.05) is 13.8 Å². The highest BCUT2D eigenvalue weighted by Gasteiger charge is 2.02. The van der Waals surface area contributed by atoms with E-state index in [0.717, 1.165) is 0 Å². The van der Waals surface area contributed by atoms with Crippen molar-refractivity contribution in [2.24, 2.45) is 0 Å². The van der Waals surface area contributed by atoms with Crippen LogP contribution in [0, 0.1) is 0 Å². The van der Waals surface area contributed by atoms with E-state index in [1.54, 1.807) is 0 Å². The Bertz CT molecular complexity index is 45.4. The molecule has 0 spiro atoms. The predicted octanol–water partition coefficient (Wildman–Crippen LogP) is 1.31. The highest BCUT2D eigenvalue weighted by Crippen LogP contribution is 2.09. The normalized spacial score (nSPS) is 8.86. The fourth-order valence-corrected chi connectivity index (χ4v) is 0. The molecule has 0 radical (unpaired) electrons. The summed E-state index contributed by atoms with van der Waals surface area (Å²) in [6, 6.07) is 0. The lowest BCUT2D eigenvalue weighted by Crippen LogP contribution is -1.57. The Labute approximate surface area is 44.3 Å². The Kier molecular flexibility index (Phi) is 13.5. The van der Waals surface area contributed by atoms with Crippen LogP contribution in [0.5, 0.6) is 0 Å². The van der Waals surface area contributed by atoms with E-state index < -0.39 is 8.25 Å². The summed E-state index contributed by atoms with van der Waals surface area (Å²) in [5.41, 5.74) is 0. The molecular formula is C3H10O3P+. The standard InChI is InChI=1S/C2H6.CH3O3P/c1-2;1-4-5(2)3/h1-2H3;1H3/p+1. The van der Waals surface area contributed by atoms with Gasteiger partial charge in [-0.3, -0.25) is 0 Å². The summed E-state index contributed by atoms with van der Waals surface area (Å²) in [7, 11) is -1.18. The molecule has 0 aliphatic heterocycles. The van der Waals surface area contributed by atoms with E-state index in [2.05, 4.69) is 4.52 Å². The average molecular weight is 125 g/mol. The fourth-order valence-electron chi connectivity index (χ4n) is 0. The van der Waals surface area contributed by atoms with Crippen molar-refractivity contribution >= 4 is 8.25 Å². The van der Waals surface area contributed by atoms with Gasteiger partial charge in [0, 0.05) is 4.57 Å². The molecule has 3 nitrogen and oxygen atoms in total. The van der Waals surface area contributed by atoms with Crippen LogP contribution in [0.2, 0.25) is 0 Å². The summed E-state index contributed by atoms with van der Waals surface area (Å²) in [4.78, 5) is 7.65. The van der Waals surface area contributed by atoms with Gasteiger partial charge in [-0.15, -0.1) is 9.42 Å². The molecule has 0 aromatic carbocycles. The second-order valence-corrected chi connectivity index (χ2v) is 1.26. The molecule has 0 amide bonds. The largest absolute Gasteiger partial charge is 0.694 e. The van der Waals surface area contributed by atoms with Gasteiger partial charge in [0.25, 0.3) is 0 Å². The molecule has 1 atom stereocenters. The smallest absolute Gasteiger partial charge is 0.133 e. The van der Waals surface area contributed by atoms with Gasteiger partial charge in [0.2, 0.25) is 0 Å². The first-order valence-corrected chi connectivity index (χ1v) is 3.10. The van der Waals surface area contributed by atoms with Crippen LogP contribution in [0.15, 0.2) is 0 Å². The van der Waals surface area contributed by atoms with Crippen LogP contribution in [0.1, 0.15) is 13.8 Å². The van der Waals surface area contributed by atoms with Crippen molar-refractivity contribution in [3.05, 3.63) is 0 Å². The van der Waals surface area contributed by atoms with E-state index in [4.69, 9.17) is 4.89 Å². The first-order valence-electron chi connectivity index (χ1n) is 1.97. The van der Waals surface area contributed by atoms with E-state index in [1.165, 1.54) is 7.11 Å². The van der Waals surface area contributed by atoms with Crippen LogP contribution >= 0.6 is 8.25 Å². The second-order valence-electron chi connectivity index (χ2n) is 0.420. The van der Waals surface area contributed by atoms with Gasteiger partial charge < -0.3 is 0 Å². The zero-order valence-corrected chi connectivity index (χ0v) is 5.61. The van der Waals surface area contributed by atoms with Gasteiger partial charge in [0.05, 0.1) is 7.11 Å². The molecule has 0 aliphatic rings. The van der Waals surface area contributed by atoms with E-state index in [-0.39, 0.29) is 0 Å². The third-order valence-corrected chi connectivity index (χ3v) is 0.469. The van der Waals surface area contributed by atoms with Crippen LogP contribution in [-0.4, -0.2) is 12.0 Å². The maximum atomic E-state index is 9.29. The van der Waals surface area contributed by atoms with Crippen molar-refractivity contribution in [1.82, 2.24) is 0 Å². The van der Waals surface area contributed by atoms with Crippen molar-refractivity contribution in [3.8, 4) is 0 Å². The van der Waals surface area contributed by atoms with Crippen LogP contribution in [-0.2, 0) is 9.09 Å². The lowest BCUT2D eigenvalue weighted by molar-refractivity contribution is 0.343. The second kappa shape index (κ2) is 9.39. The first kappa shape index (κ1) is 10.1. The SMILES string of the molecule is CC.CO[P+](=O)O. The molecule has 0 saturated heterocycles. The van der Waals surface area contributed by atoms with Crippen molar-refractivity contribution in [3.63, 3.8) is 0 Å². The molecule has 44 valence electrons. The molecule has 0 bridgehead atoms. The lowest BCUT2D eigenvalue weighted by Gasteiger charge is -1.55. The molecule has 0 rings (SSSR count). The van der Waals surface area contributed by atoms with E-state index in [9.17, 15) is 4.57 Å². The van der Waals surface area contributed by atoms with Gasteiger partial charge in [0.15, 0.2) is 0 Å². The summed E-state index contributed by atoms with van der Waals surface area (Å²) in [6.45, 7) is 4.00. The molecule has 7 heavy (non-hydrogen) atoms. The first-order chi connectivity index (χ1) is 3.27. The summed E-state index contributed by atoms with van der Waals surface area (Å²) >= 11 is 0. The number of rotatable bonds is 1. The third kappa shape index (κ3) is 23.8. The molecule has 0 fully saturated rings. The monoisotopic (exact) mass is 125 g/mol. The van der Waals surface area contributed by atoms with Gasteiger partial charge in [-0.05, 0) is 0 Å². The minimum absolute atomic E-state index is 1.17. The van der Waals surface area contributed by atoms with Gasteiger partial charge in [-0.25, -0.2) is 0 Å². The van der Waals surface area contributed by atoms with Crippen LogP contribution in [0.3, 0.4) is 0 Å². The third-order valence-electron chi connectivity index (χ3n) is 0.156. The summed E-state index contributed by atoms with van der Waals surface area (Å²) in [5.74, 6) is 0. The zero-order valence-electron chi connectivity index (χ0n) is 4.71. The molecule has 0 aliphatic carbocycles. The van der Waals surface area contributed by atoms with Crippen molar-refractivity contribution in [2.45, 2.75) is 13.8 Å². The molecule has 4 heteroatoms. The van der Waals surface area contributed by atoms with Crippen molar-refractivity contribution in [2.75, 3.05) is 7.11 Å². The Morgan fingerprint density at radius 2 is 1.71 bits per heavy atom. The van der Waals surface area contributed by atoms with Gasteiger partial charge >= 0.3 is 8.25 Å². The van der Waals surface area contributed by atoms with E-state index >= 15 is 0 Å². The lowest BCUT2D eigenvalue weighted by atomic mass is 11.0. The van der Waals surface area contributed by atoms with Crippen molar-refractivity contribution in [1.29, 1.82) is 0 Å². The Morgan fingerprint density at radius 1 is 1.57 bits per heavy atom. The van der Waals surface area contributed by atoms with Crippen molar-refractivity contribution < 1.29 is 14.0 Å². The van der Waals surface area contributed by atoms with Crippen LogP contribution < -0.4 is 0 Å². The summed E-state index contributed by atoms with van der Waals surface area (Å²) < 4.78 is 13.1. The Hall–Kier alpha value is 0.0200. The molecule has 0 heterocycles. The zero-order chi connectivity index (χ0) is 6.28. The molecular weight excluding hydrogens is 115 g/mol. The van der Waals surface area contributed by atoms with Gasteiger partial charge in [-0.2, -0.15) is 0 Å². The summed E-state index contributed by atoms with van der Waals surface area (Å²) in [5, 5.41) is 0. The van der Waals surface area contributed by atoms with Crippen LogP contribution in [0.4, 0.5) is 0 Å². The molecule has 0 aromatic rings. The highest BCUT2D eigenvalue weighted by atomic mass is 31.1. The number of hydrogen-bond donors (Lipinski definition) is 1. The number of hydrogen-bond acceptors (Lipinski definition) is 2. The minimum Gasteiger partial charge on any atom is -0.133 e. The quantitative estimate of drug-likeness (QED) is 0.537. The summed E-state index contributed by atoms with van der Waals surface area (Å²) in [6.07, 6.45) is 0. The highest BCUT2D eigenvalue weighted by molar-refractivity contribution is 7.32. The van der Waals surface area contributed by atoms with Gasteiger partial charge in [-0.1, -0.05) is 13.8 Å². The maximum absolute atomic E-state index is 9.29. The molecule has 1 N–H and O–H groups in total. The Balaban J connectivity index is 0. The fraction of sp³-hybridized carbons (Fsp3) is 1.00. The molecule has 0 aromatic heterocycles. The minimum atomic E-state index is -2.35. The topological polar surface area (TPSA) is 46.5 Å². The maximum Gasteiger partial charge on any atom is 0.694 e. The van der Waals surface area contributed by atoms with Gasteiger partial charge in [0.1, 0.15) is 0 Å². The predicted molar refractivity (Wildman–Crippen MR) is 28.2 cm³/mol. The molecule has 1 unspecified atom stereocenters.